The molecule has 0 aliphatic carbocycles. The molecule has 0 fully saturated rings. The molecule has 2 heterocycles. The van der Waals surface area contributed by atoms with Crippen LogP contribution in [0.5, 0.6) is 0 Å². The largest absolute Gasteiger partial charge is 0.384 e. The van der Waals surface area contributed by atoms with Gasteiger partial charge in [-0.25, -0.2) is 9.97 Å². The summed E-state index contributed by atoms with van der Waals surface area (Å²) in [7, 11) is 0. The first-order chi connectivity index (χ1) is 9.95. The Morgan fingerprint density at radius 3 is 2.62 bits per heavy atom. The molecule has 0 radical (unpaired) electrons. The minimum Gasteiger partial charge on any atom is -0.384 e. The molecule has 0 unspecified atom stereocenters. The zero-order valence-corrected chi connectivity index (χ0v) is 12.5. The Balaban J connectivity index is 2.26. The molecule has 0 bridgehead atoms. The number of hydrogen-bond donors (Lipinski definition) is 1. The topological polar surface area (TPSA) is 64.7 Å². The van der Waals surface area contributed by atoms with Gasteiger partial charge in [-0.15, -0.1) is 0 Å². The van der Waals surface area contributed by atoms with E-state index in [-0.39, 0.29) is 5.41 Å². The van der Waals surface area contributed by atoms with Crippen molar-refractivity contribution in [3.05, 3.63) is 48.5 Å². The first kappa shape index (κ1) is 13.5. The maximum absolute atomic E-state index is 5.97. The van der Waals surface area contributed by atoms with Crippen LogP contribution in [0.2, 0.25) is 0 Å². The minimum atomic E-state index is -0.143. The fourth-order valence-corrected chi connectivity index (χ4v) is 2.29. The van der Waals surface area contributed by atoms with Gasteiger partial charge in [0.25, 0.3) is 0 Å². The van der Waals surface area contributed by atoms with Gasteiger partial charge in [0.1, 0.15) is 11.6 Å². The van der Waals surface area contributed by atoms with E-state index in [2.05, 4.69) is 36.8 Å². The van der Waals surface area contributed by atoms with E-state index < -0.39 is 0 Å². The zero-order valence-electron chi connectivity index (χ0n) is 12.5. The van der Waals surface area contributed by atoms with Crippen molar-refractivity contribution < 1.29 is 0 Å². The summed E-state index contributed by atoms with van der Waals surface area (Å²) in [4.78, 5) is 13.2. The lowest BCUT2D eigenvalue weighted by Crippen LogP contribution is -2.17. The number of nitrogen functional groups attached to an aromatic ring is 1. The van der Waals surface area contributed by atoms with Crippen LogP contribution in [0, 0.1) is 0 Å². The summed E-state index contributed by atoms with van der Waals surface area (Å²) in [5.41, 5.74) is 7.73. The van der Waals surface area contributed by atoms with Crippen LogP contribution in [-0.4, -0.2) is 15.0 Å². The van der Waals surface area contributed by atoms with E-state index in [1.54, 1.807) is 6.20 Å². The van der Waals surface area contributed by atoms with Crippen LogP contribution in [0.1, 0.15) is 26.6 Å². The normalized spacial score (nSPS) is 11.8. The summed E-state index contributed by atoms with van der Waals surface area (Å²) in [5, 5.41) is 2.20. The Hall–Kier alpha value is -2.49. The highest BCUT2D eigenvalue weighted by atomic mass is 15.0. The summed E-state index contributed by atoms with van der Waals surface area (Å²) in [6.45, 7) is 6.25. The number of nitrogens with two attached hydrogens (primary N) is 1. The average Bonchev–Trinajstić information content (AvgIpc) is 2.45. The molecule has 0 atom stereocenters. The number of nitrogens with zero attached hydrogens (tertiary/aromatic N) is 3. The molecule has 0 aliphatic heterocycles. The third-order valence-corrected chi connectivity index (χ3v) is 3.37. The molecule has 3 rings (SSSR count). The Morgan fingerprint density at radius 2 is 1.86 bits per heavy atom. The molecule has 2 aromatic heterocycles. The van der Waals surface area contributed by atoms with Crippen LogP contribution >= 0.6 is 0 Å². The van der Waals surface area contributed by atoms with E-state index in [0.717, 1.165) is 27.9 Å². The van der Waals surface area contributed by atoms with Crippen molar-refractivity contribution in [1.29, 1.82) is 0 Å². The molecule has 2 N–H and O–H groups in total. The van der Waals surface area contributed by atoms with E-state index in [1.807, 2.05) is 30.5 Å². The Labute approximate surface area is 124 Å². The molecule has 4 nitrogen and oxygen atoms in total. The number of aromatic nitrogens is 3. The van der Waals surface area contributed by atoms with E-state index in [0.29, 0.717) is 5.82 Å². The summed E-state index contributed by atoms with van der Waals surface area (Å²) in [5.74, 6) is 1.25. The van der Waals surface area contributed by atoms with Gasteiger partial charge in [-0.3, -0.25) is 4.98 Å². The van der Waals surface area contributed by atoms with Crippen molar-refractivity contribution in [1.82, 2.24) is 15.0 Å². The monoisotopic (exact) mass is 278 g/mol. The average molecular weight is 278 g/mol. The fourth-order valence-electron chi connectivity index (χ4n) is 2.29. The fraction of sp³-hybridized carbons (Fsp3) is 0.235. The Morgan fingerprint density at radius 1 is 1.05 bits per heavy atom. The second-order valence-corrected chi connectivity index (χ2v) is 6.15. The lowest BCUT2D eigenvalue weighted by molar-refractivity contribution is 0.547. The predicted octanol–water partition coefficient (Wildman–Crippen LogP) is 3.57. The van der Waals surface area contributed by atoms with Gasteiger partial charge in [-0.1, -0.05) is 39.0 Å². The Bertz CT molecular complexity index is 798. The lowest BCUT2D eigenvalue weighted by atomic mass is 9.95. The van der Waals surface area contributed by atoms with Crippen molar-refractivity contribution >= 4 is 16.6 Å². The van der Waals surface area contributed by atoms with Crippen molar-refractivity contribution in [2.75, 3.05) is 5.73 Å². The minimum absolute atomic E-state index is 0.143. The number of rotatable bonds is 1. The standard InChI is InChI=1S/C17H18N4/c1-17(2,3)16-20-14(9-15(18)21-16)13-6-4-5-11-10-19-8-7-12(11)13/h4-10H,1-3H3,(H2,18,20,21). The molecular weight excluding hydrogens is 260 g/mol. The van der Waals surface area contributed by atoms with Crippen molar-refractivity contribution in [2.45, 2.75) is 26.2 Å². The highest BCUT2D eigenvalue weighted by Gasteiger charge is 2.19. The molecule has 3 aromatic rings. The van der Waals surface area contributed by atoms with Crippen molar-refractivity contribution in [3.8, 4) is 11.3 Å². The molecule has 0 aliphatic rings. The summed E-state index contributed by atoms with van der Waals surface area (Å²) in [6.07, 6.45) is 3.65. The first-order valence-electron chi connectivity index (χ1n) is 6.93. The molecule has 4 heteroatoms. The third-order valence-electron chi connectivity index (χ3n) is 3.37. The summed E-state index contributed by atoms with van der Waals surface area (Å²) < 4.78 is 0. The van der Waals surface area contributed by atoms with Gasteiger partial charge < -0.3 is 5.73 Å². The van der Waals surface area contributed by atoms with E-state index in [9.17, 15) is 0 Å². The van der Waals surface area contributed by atoms with Crippen LogP contribution in [0.4, 0.5) is 5.82 Å². The molecular formula is C17H18N4. The van der Waals surface area contributed by atoms with Crippen LogP contribution < -0.4 is 5.73 Å². The quantitative estimate of drug-likeness (QED) is 0.739. The zero-order chi connectivity index (χ0) is 15.0. The number of benzene rings is 1. The van der Waals surface area contributed by atoms with Gasteiger partial charge in [0, 0.05) is 34.8 Å². The molecule has 0 amide bonds. The second-order valence-electron chi connectivity index (χ2n) is 6.15. The molecule has 1 aromatic carbocycles. The first-order valence-corrected chi connectivity index (χ1v) is 6.93. The SMILES string of the molecule is CC(C)(C)c1nc(N)cc(-c2cccc3cnccc23)n1. The van der Waals surface area contributed by atoms with Crippen LogP contribution in [-0.2, 0) is 5.41 Å². The number of hydrogen-bond acceptors (Lipinski definition) is 4. The highest BCUT2D eigenvalue weighted by Crippen LogP contribution is 2.29. The van der Waals surface area contributed by atoms with Gasteiger partial charge in [-0.2, -0.15) is 0 Å². The number of pyridine rings is 1. The number of anilines is 1. The molecule has 21 heavy (non-hydrogen) atoms. The third kappa shape index (κ3) is 2.57. The maximum Gasteiger partial charge on any atom is 0.136 e. The van der Waals surface area contributed by atoms with Gasteiger partial charge >= 0.3 is 0 Å². The van der Waals surface area contributed by atoms with Crippen molar-refractivity contribution in [3.63, 3.8) is 0 Å². The van der Waals surface area contributed by atoms with Gasteiger partial charge in [0.2, 0.25) is 0 Å². The Kier molecular flexibility index (Phi) is 3.09. The predicted molar refractivity (Wildman–Crippen MR) is 85.9 cm³/mol. The highest BCUT2D eigenvalue weighted by molar-refractivity contribution is 5.95. The maximum atomic E-state index is 5.97. The van der Waals surface area contributed by atoms with Gasteiger partial charge in [0.05, 0.1) is 5.69 Å². The van der Waals surface area contributed by atoms with Crippen LogP contribution in [0.25, 0.3) is 22.0 Å². The van der Waals surface area contributed by atoms with E-state index in [4.69, 9.17) is 10.7 Å². The van der Waals surface area contributed by atoms with Crippen LogP contribution in [0.3, 0.4) is 0 Å². The number of fused-ring (bicyclic) bond motifs is 1. The van der Waals surface area contributed by atoms with Gasteiger partial charge in [-0.05, 0) is 11.5 Å². The molecule has 0 saturated heterocycles. The summed E-state index contributed by atoms with van der Waals surface area (Å²) >= 11 is 0. The lowest BCUT2D eigenvalue weighted by Gasteiger charge is -2.18. The van der Waals surface area contributed by atoms with Crippen molar-refractivity contribution in [2.24, 2.45) is 0 Å². The smallest absolute Gasteiger partial charge is 0.136 e. The second kappa shape index (κ2) is 4.81. The molecule has 0 saturated carbocycles. The van der Waals surface area contributed by atoms with Gasteiger partial charge in [0.15, 0.2) is 0 Å². The molecule has 0 spiro atoms. The van der Waals surface area contributed by atoms with E-state index in [1.165, 1.54) is 0 Å². The summed E-state index contributed by atoms with van der Waals surface area (Å²) in [6, 6.07) is 9.93. The molecule has 106 valence electrons. The van der Waals surface area contributed by atoms with Crippen LogP contribution in [0.15, 0.2) is 42.7 Å². The van der Waals surface area contributed by atoms with E-state index >= 15 is 0 Å².